The average Bonchev–Trinajstić information content (AvgIpc) is 2.56. The Morgan fingerprint density at radius 2 is 1.88 bits per heavy atom. The molecule has 0 saturated heterocycles. The molecule has 5 nitrogen and oxygen atoms in total. The highest BCUT2D eigenvalue weighted by atomic mass is 35.5. The first-order chi connectivity index (χ1) is 11.5. The molecule has 24 heavy (non-hydrogen) atoms. The maximum absolute atomic E-state index is 12.5. The van der Waals surface area contributed by atoms with Crippen molar-refractivity contribution in [3.8, 4) is 5.75 Å². The van der Waals surface area contributed by atoms with E-state index in [0.717, 1.165) is 6.42 Å². The van der Waals surface area contributed by atoms with Gasteiger partial charge in [0.15, 0.2) is 5.75 Å². The van der Waals surface area contributed by atoms with Crippen LogP contribution >= 0.6 is 34.8 Å². The number of carbonyl (C=O) groups excluding carboxylic acids is 1. The van der Waals surface area contributed by atoms with Crippen LogP contribution in [0.2, 0.25) is 15.1 Å². The van der Waals surface area contributed by atoms with Crippen LogP contribution in [0.3, 0.4) is 0 Å². The predicted molar refractivity (Wildman–Crippen MR) is 95.2 cm³/mol. The Kier molecular flexibility index (Phi) is 7.09. The van der Waals surface area contributed by atoms with Crippen molar-refractivity contribution in [2.45, 2.75) is 13.3 Å². The fourth-order valence-corrected chi connectivity index (χ4v) is 3.01. The highest BCUT2D eigenvalue weighted by Crippen LogP contribution is 2.35. The van der Waals surface area contributed by atoms with Gasteiger partial charge in [0, 0.05) is 24.0 Å². The summed E-state index contributed by atoms with van der Waals surface area (Å²) in [7, 11) is 0. The summed E-state index contributed by atoms with van der Waals surface area (Å²) in [5, 5.41) is 1.09. The third kappa shape index (κ3) is 4.97. The van der Waals surface area contributed by atoms with E-state index in [4.69, 9.17) is 39.5 Å². The molecule has 1 amide bonds. The predicted octanol–water partition coefficient (Wildman–Crippen LogP) is 4.37. The van der Waals surface area contributed by atoms with E-state index < -0.39 is 0 Å². The molecule has 8 heteroatoms. The Bertz CT molecular complexity index is 675. The lowest BCUT2D eigenvalue weighted by molar-refractivity contribution is 0.0724. The van der Waals surface area contributed by atoms with E-state index in [1.807, 2.05) is 6.92 Å². The van der Waals surface area contributed by atoms with Crippen LogP contribution in [0.5, 0.6) is 5.75 Å². The third-order valence-corrected chi connectivity index (χ3v) is 3.91. The molecule has 0 unspecified atom stereocenters. The number of carbonyl (C=O) groups is 1. The fourth-order valence-electron chi connectivity index (χ4n) is 2.08. The van der Waals surface area contributed by atoms with Gasteiger partial charge < -0.3 is 9.64 Å². The van der Waals surface area contributed by atoms with E-state index in [0.29, 0.717) is 39.6 Å². The van der Waals surface area contributed by atoms with Crippen molar-refractivity contribution >= 4 is 40.7 Å². The van der Waals surface area contributed by atoms with Crippen LogP contribution < -0.4 is 4.74 Å². The van der Waals surface area contributed by atoms with Crippen LogP contribution in [0.15, 0.2) is 30.7 Å². The zero-order valence-electron chi connectivity index (χ0n) is 13.0. The third-order valence-electron chi connectivity index (χ3n) is 3.13. The number of benzene rings is 1. The summed E-state index contributed by atoms with van der Waals surface area (Å²) < 4.78 is 5.63. The minimum atomic E-state index is -0.193. The van der Waals surface area contributed by atoms with Gasteiger partial charge in [-0.3, -0.25) is 9.78 Å². The maximum Gasteiger partial charge on any atom is 0.274 e. The summed E-state index contributed by atoms with van der Waals surface area (Å²) in [5.41, 5.74) is 0.300. The second-order valence-electron chi connectivity index (χ2n) is 4.93. The highest BCUT2D eigenvalue weighted by molar-refractivity contribution is 6.40. The summed E-state index contributed by atoms with van der Waals surface area (Å²) in [6, 6.07) is 3.11. The second-order valence-corrected chi connectivity index (χ2v) is 6.18. The molecule has 0 N–H and O–H groups in total. The van der Waals surface area contributed by atoms with Crippen LogP contribution in [0, 0.1) is 0 Å². The average molecular weight is 389 g/mol. The van der Waals surface area contributed by atoms with E-state index >= 15 is 0 Å². The smallest absolute Gasteiger partial charge is 0.274 e. The summed E-state index contributed by atoms with van der Waals surface area (Å²) in [4.78, 5) is 22.1. The van der Waals surface area contributed by atoms with Gasteiger partial charge in [-0.25, -0.2) is 4.98 Å². The summed E-state index contributed by atoms with van der Waals surface area (Å²) >= 11 is 18.0. The van der Waals surface area contributed by atoms with Gasteiger partial charge in [0.2, 0.25) is 0 Å². The van der Waals surface area contributed by atoms with Crippen molar-refractivity contribution in [3.05, 3.63) is 51.5 Å². The Labute approximate surface area is 155 Å². The maximum atomic E-state index is 12.5. The van der Waals surface area contributed by atoms with Crippen molar-refractivity contribution in [1.29, 1.82) is 0 Å². The lowest BCUT2D eigenvalue weighted by Crippen LogP contribution is -2.35. The van der Waals surface area contributed by atoms with Crippen molar-refractivity contribution in [1.82, 2.24) is 14.9 Å². The number of aromatic nitrogens is 2. The molecule has 0 bridgehead atoms. The highest BCUT2D eigenvalue weighted by Gasteiger charge is 2.17. The van der Waals surface area contributed by atoms with Crippen LogP contribution in [0.1, 0.15) is 23.8 Å². The number of nitrogens with zero attached hydrogens (tertiary/aromatic N) is 3. The van der Waals surface area contributed by atoms with Gasteiger partial charge in [-0.15, -0.1) is 0 Å². The first-order valence-corrected chi connectivity index (χ1v) is 8.49. The Morgan fingerprint density at radius 3 is 2.46 bits per heavy atom. The van der Waals surface area contributed by atoms with Gasteiger partial charge >= 0.3 is 0 Å². The Balaban J connectivity index is 2.01. The summed E-state index contributed by atoms with van der Waals surface area (Å²) in [6.45, 7) is 3.19. The van der Waals surface area contributed by atoms with Gasteiger partial charge in [0.1, 0.15) is 12.3 Å². The molecule has 1 aromatic carbocycles. The largest absolute Gasteiger partial charge is 0.489 e. The summed E-state index contributed by atoms with van der Waals surface area (Å²) in [6.07, 6.45) is 5.27. The molecule has 1 heterocycles. The molecule has 0 saturated carbocycles. The minimum absolute atomic E-state index is 0.193. The van der Waals surface area contributed by atoms with Gasteiger partial charge in [0.25, 0.3) is 5.91 Å². The molecule has 0 fully saturated rings. The topological polar surface area (TPSA) is 55.3 Å². The van der Waals surface area contributed by atoms with Gasteiger partial charge in [-0.1, -0.05) is 41.7 Å². The molecule has 0 aliphatic heterocycles. The monoisotopic (exact) mass is 387 g/mol. The number of halogens is 3. The first kappa shape index (κ1) is 18.8. The van der Waals surface area contributed by atoms with E-state index in [1.165, 1.54) is 18.6 Å². The standard InChI is InChI=1S/C16H16Cl3N3O2/c1-2-5-22(16(23)14-10-20-3-4-21-14)6-7-24-15-12(18)8-11(17)9-13(15)19/h3-4,8-10H,2,5-7H2,1H3. The Morgan fingerprint density at radius 1 is 1.17 bits per heavy atom. The van der Waals surface area contributed by atoms with Gasteiger partial charge in [-0.2, -0.15) is 0 Å². The lowest BCUT2D eigenvalue weighted by atomic mass is 10.3. The minimum Gasteiger partial charge on any atom is -0.489 e. The van der Waals surface area contributed by atoms with Crippen molar-refractivity contribution in [2.75, 3.05) is 19.7 Å². The van der Waals surface area contributed by atoms with E-state index in [2.05, 4.69) is 9.97 Å². The first-order valence-electron chi connectivity index (χ1n) is 7.35. The molecule has 0 atom stereocenters. The molecule has 0 spiro atoms. The zero-order chi connectivity index (χ0) is 17.5. The van der Waals surface area contributed by atoms with Crippen molar-refractivity contribution in [3.63, 3.8) is 0 Å². The molecule has 0 aliphatic carbocycles. The molecule has 2 rings (SSSR count). The lowest BCUT2D eigenvalue weighted by Gasteiger charge is -2.22. The molecular formula is C16H16Cl3N3O2. The number of ether oxygens (including phenoxy) is 1. The van der Waals surface area contributed by atoms with Crippen molar-refractivity contribution in [2.24, 2.45) is 0 Å². The van der Waals surface area contributed by atoms with Crippen LogP contribution in [-0.4, -0.2) is 40.5 Å². The summed E-state index contributed by atoms with van der Waals surface area (Å²) in [5.74, 6) is 0.160. The molecule has 1 aromatic heterocycles. The van der Waals surface area contributed by atoms with E-state index in [1.54, 1.807) is 17.0 Å². The zero-order valence-corrected chi connectivity index (χ0v) is 15.3. The van der Waals surface area contributed by atoms with E-state index in [9.17, 15) is 4.79 Å². The van der Waals surface area contributed by atoms with Crippen LogP contribution in [-0.2, 0) is 0 Å². The molecule has 0 radical (unpaired) electrons. The van der Waals surface area contributed by atoms with Crippen LogP contribution in [0.25, 0.3) is 0 Å². The van der Waals surface area contributed by atoms with Gasteiger partial charge in [0.05, 0.1) is 22.8 Å². The van der Waals surface area contributed by atoms with Crippen LogP contribution in [0.4, 0.5) is 0 Å². The van der Waals surface area contributed by atoms with Gasteiger partial charge in [-0.05, 0) is 18.6 Å². The Hall–Kier alpha value is -1.56. The fraction of sp³-hybridized carbons (Fsp3) is 0.312. The SMILES string of the molecule is CCCN(CCOc1c(Cl)cc(Cl)cc1Cl)C(=O)c1cnccn1. The number of amides is 1. The quantitative estimate of drug-likeness (QED) is 0.707. The molecule has 128 valence electrons. The van der Waals surface area contributed by atoms with E-state index in [-0.39, 0.29) is 12.5 Å². The number of hydrogen-bond acceptors (Lipinski definition) is 4. The number of rotatable bonds is 7. The molecule has 2 aromatic rings. The molecule has 0 aliphatic rings. The second kappa shape index (κ2) is 9.06. The normalized spacial score (nSPS) is 10.5. The number of hydrogen-bond donors (Lipinski definition) is 0. The van der Waals surface area contributed by atoms with Crippen molar-refractivity contribution < 1.29 is 9.53 Å². The molecular weight excluding hydrogens is 373 g/mol.